The predicted octanol–water partition coefficient (Wildman–Crippen LogP) is 3.67. The summed E-state index contributed by atoms with van der Waals surface area (Å²) in [4.78, 5) is 1.22. The highest BCUT2D eigenvalue weighted by Crippen LogP contribution is 2.32. The van der Waals surface area contributed by atoms with Crippen LogP contribution in [0.5, 0.6) is 0 Å². The third kappa shape index (κ3) is 2.33. The zero-order chi connectivity index (χ0) is 10.7. The van der Waals surface area contributed by atoms with Gasteiger partial charge in [0.1, 0.15) is 10.0 Å². The van der Waals surface area contributed by atoms with Gasteiger partial charge >= 0.3 is 0 Å². The molecule has 0 N–H and O–H groups in total. The van der Waals surface area contributed by atoms with E-state index < -0.39 is 0 Å². The van der Waals surface area contributed by atoms with Gasteiger partial charge in [-0.2, -0.15) is 0 Å². The van der Waals surface area contributed by atoms with E-state index >= 15 is 0 Å². The molecule has 0 aliphatic carbocycles. The van der Waals surface area contributed by atoms with Crippen LogP contribution >= 0.6 is 34.7 Å². The van der Waals surface area contributed by atoms with E-state index in [4.69, 9.17) is 11.6 Å². The van der Waals surface area contributed by atoms with Gasteiger partial charge in [0.25, 0.3) is 0 Å². The average Bonchev–Trinajstić information content (AvgIpc) is 2.77. The molecular formula is C10H9ClN2S2. The van der Waals surface area contributed by atoms with Crippen molar-refractivity contribution >= 4 is 34.7 Å². The lowest BCUT2D eigenvalue weighted by molar-refractivity contribution is 1.04. The Morgan fingerprint density at radius 3 is 2.80 bits per heavy atom. The first-order valence-corrected chi connectivity index (χ1v) is 6.94. The van der Waals surface area contributed by atoms with Gasteiger partial charge in [-0.05, 0) is 12.3 Å². The fraction of sp³-hybridized carbons (Fsp3) is 0.200. The minimum absolute atomic E-state index is 0.430. The first-order chi connectivity index (χ1) is 7.35. The van der Waals surface area contributed by atoms with Crippen LogP contribution in [0.15, 0.2) is 29.2 Å². The number of alkyl halides is 1. The van der Waals surface area contributed by atoms with Gasteiger partial charge in [0.05, 0.1) is 5.88 Å². The van der Waals surface area contributed by atoms with Crippen LogP contribution in [0.2, 0.25) is 0 Å². The monoisotopic (exact) mass is 256 g/mol. The topological polar surface area (TPSA) is 25.8 Å². The van der Waals surface area contributed by atoms with Crippen molar-refractivity contribution in [1.29, 1.82) is 0 Å². The Kier molecular flexibility index (Phi) is 3.61. The highest BCUT2D eigenvalue weighted by Gasteiger charge is 2.09. The van der Waals surface area contributed by atoms with Gasteiger partial charge in [-0.25, -0.2) is 0 Å². The SMILES string of the molecule is CSc1ccccc1-c1nnc(CCl)s1. The predicted molar refractivity (Wildman–Crippen MR) is 66.7 cm³/mol. The van der Waals surface area contributed by atoms with Crippen molar-refractivity contribution in [2.75, 3.05) is 6.26 Å². The number of hydrogen-bond acceptors (Lipinski definition) is 4. The molecule has 0 saturated heterocycles. The summed E-state index contributed by atoms with van der Waals surface area (Å²) in [7, 11) is 0. The number of hydrogen-bond donors (Lipinski definition) is 0. The summed E-state index contributed by atoms with van der Waals surface area (Å²) in [5.41, 5.74) is 1.14. The molecule has 2 rings (SSSR count). The summed E-state index contributed by atoms with van der Waals surface area (Å²) in [6.07, 6.45) is 2.06. The van der Waals surface area contributed by atoms with Crippen molar-refractivity contribution in [1.82, 2.24) is 10.2 Å². The molecule has 1 heterocycles. The molecule has 0 aliphatic rings. The van der Waals surface area contributed by atoms with Gasteiger partial charge in [0, 0.05) is 10.5 Å². The fourth-order valence-electron chi connectivity index (χ4n) is 1.24. The maximum absolute atomic E-state index is 5.70. The van der Waals surface area contributed by atoms with Gasteiger partial charge in [0.15, 0.2) is 0 Å². The minimum atomic E-state index is 0.430. The molecule has 0 aliphatic heterocycles. The summed E-state index contributed by atoms with van der Waals surface area (Å²) in [6, 6.07) is 8.18. The highest BCUT2D eigenvalue weighted by molar-refractivity contribution is 7.98. The van der Waals surface area contributed by atoms with Crippen LogP contribution < -0.4 is 0 Å². The number of halogens is 1. The van der Waals surface area contributed by atoms with Crippen LogP contribution in [-0.2, 0) is 5.88 Å². The molecule has 2 nitrogen and oxygen atoms in total. The van der Waals surface area contributed by atoms with Crippen molar-refractivity contribution in [3.8, 4) is 10.6 Å². The molecule has 0 spiro atoms. The van der Waals surface area contributed by atoms with Gasteiger partial charge in [0.2, 0.25) is 0 Å². The molecule has 0 atom stereocenters. The molecule has 1 aromatic heterocycles. The van der Waals surface area contributed by atoms with E-state index in [2.05, 4.69) is 28.6 Å². The zero-order valence-electron chi connectivity index (χ0n) is 8.11. The number of nitrogens with zero attached hydrogens (tertiary/aromatic N) is 2. The second-order valence-corrected chi connectivity index (χ2v) is 5.01. The first kappa shape index (κ1) is 10.9. The molecule has 0 amide bonds. The summed E-state index contributed by atoms with van der Waals surface area (Å²) in [6.45, 7) is 0. The van der Waals surface area contributed by atoms with Crippen LogP contribution in [0, 0.1) is 0 Å². The summed E-state index contributed by atoms with van der Waals surface area (Å²) in [5.74, 6) is 0.430. The molecule has 78 valence electrons. The van der Waals surface area contributed by atoms with Gasteiger partial charge in [-0.15, -0.1) is 33.6 Å². The van der Waals surface area contributed by atoms with Gasteiger partial charge in [-0.1, -0.05) is 29.5 Å². The smallest absolute Gasteiger partial charge is 0.142 e. The second-order valence-electron chi connectivity index (χ2n) is 2.83. The molecule has 0 saturated carbocycles. The molecule has 0 bridgehead atoms. The van der Waals surface area contributed by atoms with Crippen LogP contribution in [0.4, 0.5) is 0 Å². The number of benzene rings is 1. The summed E-state index contributed by atoms with van der Waals surface area (Å²) < 4.78 is 0. The molecular weight excluding hydrogens is 248 g/mol. The molecule has 2 aromatic rings. The third-order valence-electron chi connectivity index (χ3n) is 1.92. The first-order valence-electron chi connectivity index (χ1n) is 4.37. The van der Waals surface area contributed by atoms with Crippen LogP contribution in [0.3, 0.4) is 0 Å². The van der Waals surface area contributed by atoms with E-state index in [1.54, 1.807) is 23.1 Å². The molecule has 0 fully saturated rings. The lowest BCUT2D eigenvalue weighted by Gasteiger charge is -2.01. The Bertz CT molecular complexity index is 456. The van der Waals surface area contributed by atoms with Crippen molar-refractivity contribution in [3.63, 3.8) is 0 Å². The number of aromatic nitrogens is 2. The molecule has 0 radical (unpaired) electrons. The van der Waals surface area contributed by atoms with E-state index in [9.17, 15) is 0 Å². The molecule has 5 heteroatoms. The number of thioether (sulfide) groups is 1. The van der Waals surface area contributed by atoms with E-state index in [-0.39, 0.29) is 0 Å². The zero-order valence-corrected chi connectivity index (χ0v) is 10.5. The van der Waals surface area contributed by atoms with Crippen LogP contribution in [0.25, 0.3) is 10.6 Å². The Balaban J connectivity index is 2.44. The maximum Gasteiger partial charge on any atom is 0.148 e. The van der Waals surface area contributed by atoms with E-state index in [0.717, 1.165) is 15.6 Å². The quantitative estimate of drug-likeness (QED) is 0.619. The van der Waals surface area contributed by atoms with Crippen LogP contribution in [-0.4, -0.2) is 16.5 Å². The average molecular weight is 257 g/mol. The normalized spacial score (nSPS) is 10.5. The van der Waals surface area contributed by atoms with Crippen LogP contribution in [0.1, 0.15) is 5.01 Å². The highest BCUT2D eigenvalue weighted by atomic mass is 35.5. The van der Waals surface area contributed by atoms with Crippen molar-refractivity contribution in [2.45, 2.75) is 10.8 Å². The lowest BCUT2D eigenvalue weighted by atomic mass is 10.2. The summed E-state index contributed by atoms with van der Waals surface area (Å²) in [5, 5.41) is 9.95. The van der Waals surface area contributed by atoms with Crippen molar-refractivity contribution in [2.24, 2.45) is 0 Å². The number of rotatable bonds is 3. The Morgan fingerprint density at radius 2 is 2.13 bits per heavy atom. The van der Waals surface area contributed by atoms with Gasteiger partial charge in [-0.3, -0.25) is 0 Å². The Labute approximate surface area is 102 Å². The maximum atomic E-state index is 5.70. The Morgan fingerprint density at radius 1 is 1.33 bits per heavy atom. The lowest BCUT2D eigenvalue weighted by Crippen LogP contribution is -1.80. The minimum Gasteiger partial charge on any atom is -0.142 e. The second kappa shape index (κ2) is 4.96. The fourth-order valence-corrected chi connectivity index (χ4v) is 2.85. The van der Waals surface area contributed by atoms with E-state index in [1.807, 2.05) is 12.1 Å². The van der Waals surface area contributed by atoms with Gasteiger partial charge < -0.3 is 0 Å². The van der Waals surface area contributed by atoms with E-state index in [1.165, 1.54) is 4.90 Å². The third-order valence-corrected chi connectivity index (χ3v) is 4.08. The van der Waals surface area contributed by atoms with Crippen molar-refractivity contribution < 1.29 is 0 Å². The molecule has 0 unspecified atom stereocenters. The standard InChI is InChI=1S/C10H9ClN2S2/c1-14-8-5-3-2-4-7(8)10-13-12-9(6-11)15-10/h2-5H,6H2,1H3. The van der Waals surface area contributed by atoms with E-state index in [0.29, 0.717) is 5.88 Å². The molecule has 1 aromatic carbocycles. The molecule has 15 heavy (non-hydrogen) atoms. The van der Waals surface area contributed by atoms with Crippen molar-refractivity contribution in [3.05, 3.63) is 29.3 Å². The Hall–Kier alpha value is -0.580. The summed E-state index contributed by atoms with van der Waals surface area (Å²) >= 11 is 8.97. The largest absolute Gasteiger partial charge is 0.148 e.